The quantitative estimate of drug-likeness (QED) is 0.185. The maximum atomic E-state index is 13.2. The van der Waals surface area contributed by atoms with Crippen molar-refractivity contribution in [2.75, 3.05) is 64.6 Å². The first-order valence-electron chi connectivity index (χ1n) is 13.6. The number of aromatic nitrogens is 2. The molecule has 2 heterocycles. The minimum absolute atomic E-state index is 0.00963. The number of hydrogen-bond donors (Lipinski definition) is 0. The number of piperazine rings is 1. The van der Waals surface area contributed by atoms with Crippen LogP contribution in [-0.2, 0) is 11.3 Å². The number of carbonyl (C=O) groups excluding carboxylic acids is 2. The molecule has 1 fully saturated rings. The summed E-state index contributed by atoms with van der Waals surface area (Å²) < 4.78 is 5.20. The van der Waals surface area contributed by atoms with Gasteiger partial charge in [-0.25, -0.2) is 9.97 Å². The third kappa shape index (κ3) is 8.58. The number of thioether (sulfide) groups is 1. The van der Waals surface area contributed by atoms with Gasteiger partial charge in [-0.05, 0) is 50.8 Å². The molecule has 3 aromatic rings. The predicted octanol–water partition coefficient (Wildman–Crippen LogP) is 4.17. The molecule has 9 nitrogen and oxygen atoms in total. The highest BCUT2D eigenvalue weighted by Gasteiger charge is 2.29. The van der Waals surface area contributed by atoms with Crippen LogP contribution < -0.4 is 9.64 Å². The summed E-state index contributed by atoms with van der Waals surface area (Å²) >= 11 is 7.68. The van der Waals surface area contributed by atoms with Gasteiger partial charge in [-0.3, -0.25) is 9.59 Å². The molecule has 1 atom stereocenters. The Balaban J connectivity index is 1.38. The highest BCUT2D eigenvalue weighted by molar-refractivity contribution is 7.99. The summed E-state index contributed by atoms with van der Waals surface area (Å²) in [5, 5.41) is 0.778. The lowest BCUT2D eigenvalue weighted by Crippen LogP contribution is -2.54. The van der Waals surface area contributed by atoms with Crippen LogP contribution in [0.15, 0.2) is 65.8 Å². The van der Waals surface area contributed by atoms with E-state index in [2.05, 4.69) is 14.8 Å². The van der Waals surface area contributed by atoms with E-state index in [9.17, 15) is 9.59 Å². The van der Waals surface area contributed by atoms with Gasteiger partial charge in [-0.15, -0.1) is 0 Å². The first kappa shape index (κ1) is 30.6. The molecular formula is C30H37ClN6O3S. The number of rotatable bonds is 11. The van der Waals surface area contributed by atoms with Crippen molar-refractivity contribution in [1.29, 1.82) is 0 Å². The molecule has 0 radical (unpaired) electrons. The van der Waals surface area contributed by atoms with Crippen molar-refractivity contribution in [2.45, 2.75) is 24.7 Å². The summed E-state index contributed by atoms with van der Waals surface area (Å²) in [7, 11) is 5.60. The standard InChI is InChI=1S/C30H37ClN6O3S/c1-22-19-35(16-17-37(22)29(39)24-10-12-25(40-4)13-11-24)27-18-26(31)32-30(33-27)41-21-28(38)36(15-14-34(2)3)20-23-8-6-5-7-9-23/h5-13,18,22H,14-17,19-21H2,1-4H3. The zero-order valence-corrected chi connectivity index (χ0v) is 25.6. The Bertz CT molecular complexity index is 1310. The van der Waals surface area contributed by atoms with Gasteiger partial charge < -0.3 is 24.3 Å². The molecule has 1 aliphatic heterocycles. The van der Waals surface area contributed by atoms with Gasteiger partial charge in [0.25, 0.3) is 5.91 Å². The molecule has 1 saturated heterocycles. The van der Waals surface area contributed by atoms with Crippen molar-refractivity contribution in [3.05, 3.63) is 76.9 Å². The Morgan fingerprint density at radius 1 is 1.05 bits per heavy atom. The average molecular weight is 597 g/mol. The van der Waals surface area contributed by atoms with Crippen LogP contribution in [0.5, 0.6) is 5.75 Å². The molecule has 0 spiro atoms. The number of methoxy groups -OCH3 is 1. The third-order valence-electron chi connectivity index (χ3n) is 6.92. The van der Waals surface area contributed by atoms with Gasteiger partial charge in [-0.1, -0.05) is 53.7 Å². The topological polar surface area (TPSA) is 82.1 Å². The summed E-state index contributed by atoms with van der Waals surface area (Å²) in [6.07, 6.45) is 0. The number of benzene rings is 2. The zero-order chi connectivity index (χ0) is 29.4. The fourth-order valence-electron chi connectivity index (χ4n) is 4.61. The second kappa shape index (κ2) is 14.5. The van der Waals surface area contributed by atoms with E-state index in [1.807, 2.05) is 61.2 Å². The molecule has 4 rings (SSSR count). The smallest absolute Gasteiger partial charge is 0.254 e. The Labute approximate surface area is 251 Å². The second-order valence-electron chi connectivity index (χ2n) is 10.2. The van der Waals surface area contributed by atoms with Crippen LogP contribution in [0.2, 0.25) is 5.15 Å². The van der Waals surface area contributed by atoms with E-state index in [1.165, 1.54) is 11.8 Å². The lowest BCUT2D eigenvalue weighted by molar-refractivity contribution is -0.129. The van der Waals surface area contributed by atoms with Crippen LogP contribution in [0, 0.1) is 0 Å². The van der Waals surface area contributed by atoms with Crippen LogP contribution in [0.4, 0.5) is 5.82 Å². The maximum absolute atomic E-state index is 13.2. The third-order valence-corrected chi connectivity index (χ3v) is 7.95. The highest BCUT2D eigenvalue weighted by atomic mass is 35.5. The Morgan fingerprint density at radius 2 is 1.78 bits per heavy atom. The summed E-state index contributed by atoms with van der Waals surface area (Å²) in [4.78, 5) is 43.4. The Hall–Kier alpha value is -3.34. The first-order chi connectivity index (χ1) is 19.7. The number of halogens is 1. The van der Waals surface area contributed by atoms with Crippen molar-refractivity contribution in [1.82, 2.24) is 24.7 Å². The summed E-state index contributed by atoms with van der Waals surface area (Å²) in [6.45, 7) is 5.74. The van der Waals surface area contributed by atoms with Crippen molar-refractivity contribution in [3.8, 4) is 5.75 Å². The molecule has 0 bridgehead atoms. The zero-order valence-electron chi connectivity index (χ0n) is 24.0. The minimum atomic E-state index is -0.0342. The SMILES string of the molecule is COc1ccc(C(=O)N2CCN(c3cc(Cl)nc(SCC(=O)N(CCN(C)C)Cc4ccccc4)n3)CC2C)cc1. The lowest BCUT2D eigenvalue weighted by Gasteiger charge is -2.40. The van der Waals surface area contributed by atoms with Crippen LogP contribution in [-0.4, -0.2) is 102 Å². The van der Waals surface area contributed by atoms with E-state index < -0.39 is 0 Å². The number of likely N-dealkylation sites (N-methyl/N-ethyl adjacent to an activating group) is 1. The predicted molar refractivity (Wildman–Crippen MR) is 164 cm³/mol. The van der Waals surface area contributed by atoms with Gasteiger partial charge in [-0.2, -0.15) is 0 Å². The van der Waals surface area contributed by atoms with E-state index in [0.717, 1.165) is 12.1 Å². The molecule has 0 N–H and O–H groups in total. The molecule has 2 aromatic carbocycles. The van der Waals surface area contributed by atoms with E-state index in [1.54, 1.807) is 37.4 Å². The maximum Gasteiger partial charge on any atom is 0.254 e. The van der Waals surface area contributed by atoms with Gasteiger partial charge in [0, 0.05) is 56.9 Å². The van der Waals surface area contributed by atoms with Crippen LogP contribution in [0.1, 0.15) is 22.8 Å². The van der Waals surface area contributed by atoms with Crippen molar-refractivity contribution in [3.63, 3.8) is 0 Å². The van der Waals surface area contributed by atoms with Crippen LogP contribution >= 0.6 is 23.4 Å². The monoisotopic (exact) mass is 596 g/mol. The minimum Gasteiger partial charge on any atom is -0.497 e. The number of amides is 2. The van der Waals surface area contributed by atoms with E-state index in [-0.39, 0.29) is 23.6 Å². The number of nitrogens with zero attached hydrogens (tertiary/aromatic N) is 6. The highest BCUT2D eigenvalue weighted by Crippen LogP contribution is 2.25. The molecule has 41 heavy (non-hydrogen) atoms. The van der Waals surface area contributed by atoms with Gasteiger partial charge in [0.2, 0.25) is 5.91 Å². The molecule has 0 aliphatic carbocycles. The first-order valence-corrected chi connectivity index (χ1v) is 14.9. The van der Waals surface area contributed by atoms with E-state index >= 15 is 0 Å². The fraction of sp³-hybridized carbons (Fsp3) is 0.400. The van der Waals surface area contributed by atoms with Gasteiger partial charge in [0.05, 0.1) is 12.9 Å². The molecule has 218 valence electrons. The van der Waals surface area contributed by atoms with Crippen LogP contribution in [0.3, 0.4) is 0 Å². The largest absolute Gasteiger partial charge is 0.497 e. The average Bonchev–Trinajstić information content (AvgIpc) is 2.98. The molecule has 2 amide bonds. The summed E-state index contributed by atoms with van der Waals surface area (Å²) in [6, 6.07) is 18.9. The summed E-state index contributed by atoms with van der Waals surface area (Å²) in [5.41, 5.74) is 1.72. The number of ether oxygens (including phenoxy) is 1. The number of carbonyl (C=O) groups is 2. The summed E-state index contributed by atoms with van der Waals surface area (Å²) in [5.74, 6) is 1.63. The fourth-order valence-corrected chi connectivity index (χ4v) is 5.60. The van der Waals surface area contributed by atoms with Gasteiger partial charge in [0.1, 0.15) is 16.7 Å². The Kier molecular flexibility index (Phi) is 10.8. The van der Waals surface area contributed by atoms with Crippen molar-refractivity contribution < 1.29 is 14.3 Å². The molecule has 1 aliphatic rings. The number of anilines is 1. The number of hydrogen-bond acceptors (Lipinski definition) is 8. The van der Waals surface area contributed by atoms with E-state index in [4.69, 9.17) is 21.3 Å². The van der Waals surface area contributed by atoms with Crippen LogP contribution in [0.25, 0.3) is 0 Å². The van der Waals surface area contributed by atoms with Crippen molar-refractivity contribution in [2.24, 2.45) is 0 Å². The molecule has 1 aromatic heterocycles. The molecule has 0 saturated carbocycles. The molecular weight excluding hydrogens is 560 g/mol. The molecule has 11 heteroatoms. The van der Waals surface area contributed by atoms with Gasteiger partial charge in [0.15, 0.2) is 5.16 Å². The normalized spacial score (nSPS) is 15.2. The lowest BCUT2D eigenvalue weighted by atomic mass is 10.1. The second-order valence-corrected chi connectivity index (χ2v) is 11.6. The van der Waals surface area contributed by atoms with E-state index in [0.29, 0.717) is 60.2 Å². The molecule has 1 unspecified atom stereocenters. The van der Waals surface area contributed by atoms with Gasteiger partial charge >= 0.3 is 0 Å². The Morgan fingerprint density at radius 3 is 2.44 bits per heavy atom. The van der Waals surface area contributed by atoms with Crippen molar-refractivity contribution >= 4 is 41.0 Å².